The van der Waals surface area contributed by atoms with Crippen LogP contribution >= 0.6 is 0 Å². The van der Waals surface area contributed by atoms with E-state index in [1.54, 1.807) is 0 Å². The second kappa shape index (κ2) is 12.0. The van der Waals surface area contributed by atoms with Crippen LogP contribution in [0.15, 0.2) is 0 Å². The summed E-state index contributed by atoms with van der Waals surface area (Å²) in [4.78, 5) is 47.6. The van der Waals surface area contributed by atoms with Crippen molar-refractivity contribution in [1.82, 2.24) is 0 Å². The molecule has 32 heavy (non-hydrogen) atoms. The maximum Gasteiger partial charge on any atom is 1.00 e. The van der Waals surface area contributed by atoms with Crippen LogP contribution in [0.5, 0.6) is 0 Å². The molecule has 0 aromatic carbocycles. The van der Waals surface area contributed by atoms with Gasteiger partial charge in [-0.1, -0.05) is 0 Å². The van der Waals surface area contributed by atoms with Crippen molar-refractivity contribution in [2.45, 2.75) is 51.4 Å². The number of rotatable bonds is 9. The van der Waals surface area contributed by atoms with Crippen molar-refractivity contribution in [1.29, 1.82) is 0 Å². The summed E-state index contributed by atoms with van der Waals surface area (Å²) in [5, 5.41) is 22.8. The molecule has 8 nitrogen and oxygen atoms in total. The summed E-state index contributed by atoms with van der Waals surface area (Å²) in [5.74, 6) is -5.75. The number of aliphatic carboxylic acids is 2. The van der Waals surface area contributed by atoms with Gasteiger partial charge in [-0.15, -0.1) is 0 Å². The van der Waals surface area contributed by atoms with Crippen molar-refractivity contribution in [3.63, 3.8) is 0 Å². The Morgan fingerprint density at radius 3 is 1.22 bits per heavy atom. The summed E-state index contributed by atoms with van der Waals surface area (Å²) in [6, 6.07) is 0. The normalized spacial score (nSPS) is 36.1. The molecular formula is C22H28Na2O8. The Kier molecular flexibility index (Phi) is 10.6. The molecule has 4 aliphatic rings. The molecule has 0 radical (unpaired) electrons. The second-order valence-electron chi connectivity index (χ2n) is 9.45. The Bertz CT molecular complexity index is 669. The van der Waals surface area contributed by atoms with E-state index < -0.39 is 47.5 Å². The zero-order valence-electron chi connectivity index (χ0n) is 19.0. The van der Waals surface area contributed by atoms with Crippen molar-refractivity contribution in [2.24, 2.45) is 47.3 Å². The van der Waals surface area contributed by atoms with Crippen LogP contribution in [0.4, 0.5) is 0 Å². The maximum atomic E-state index is 12.4. The first-order chi connectivity index (χ1) is 14.4. The van der Waals surface area contributed by atoms with Gasteiger partial charge in [0.1, 0.15) is 0 Å². The summed E-state index contributed by atoms with van der Waals surface area (Å²) < 4.78 is 10.6. The number of hydrogen-bond donors (Lipinski definition) is 0. The van der Waals surface area contributed by atoms with E-state index in [4.69, 9.17) is 9.47 Å². The van der Waals surface area contributed by atoms with Gasteiger partial charge >= 0.3 is 71.1 Å². The third-order valence-electron chi connectivity index (χ3n) is 7.95. The van der Waals surface area contributed by atoms with Gasteiger partial charge in [-0.05, 0) is 75.0 Å². The van der Waals surface area contributed by atoms with Crippen molar-refractivity contribution in [3.8, 4) is 0 Å². The van der Waals surface area contributed by atoms with Crippen molar-refractivity contribution in [3.05, 3.63) is 0 Å². The molecule has 4 bridgehead atoms. The molecule has 0 heterocycles. The smallest absolute Gasteiger partial charge is 0.550 e. The first-order valence-corrected chi connectivity index (χ1v) is 11.1. The summed E-state index contributed by atoms with van der Waals surface area (Å²) in [6.07, 6.45) is 5.86. The first-order valence-electron chi connectivity index (χ1n) is 11.1. The number of carboxylic acid groups (broad SMARTS) is 2. The van der Waals surface area contributed by atoms with Crippen LogP contribution in [0.2, 0.25) is 0 Å². The fraction of sp³-hybridized carbons (Fsp3) is 0.818. The molecule has 0 aromatic rings. The van der Waals surface area contributed by atoms with Gasteiger partial charge in [0.15, 0.2) is 0 Å². The Morgan fingerprint density at radius 2 is 0.906 bits per heavy atom. The van der Waals surface area contributed by atoms with Gasteiger partial charge in [-0.3, -0.25) is 9.59 Å². The van der Waals surface area contributed by atoms with Gasteiger partial charge in [-0.2, -0.15) is 0 Å². The molecule has 0 aromatic heterocycles. The van der Waals surface area contributed by atoms with Crippen LogP contribution in [-0.4, -0.2) is 37.1 Å². The van der Waals surface area contributed by atoms with E-state index in [1.807, 2.05) is 0 Å². The Hall–Kier alpha value is -0.120. The van der Waals surface area contributed by atoms with Crippen LogP contribution < -0.4 is 69.3 Å². The zero-order chi connectivity index (χ0) is 21.4. The van der Waals surface area contributed by atoms with Crippen LogP contribution in [0.1, 0.15) is 51.4 Å². The largest absolute Gasteiger partial charge is 1.00 e. The molecular weight excluding hydrogens is 438 g/mol. The van der Waals surface area contributed by atoms with Crippen LogP contribution in [-0.2, 0) is 28.7 Å². The number of hydrogen-bond acceptors (Lipinski definition) is 8. The fourth-order valence-electron chi connectivity index (χ4n) is 6.68. The Morgan fingerprint density at radius 1 is 0.594 bits per heavy atom. The average Bonchev–Trinajstić information content (AvgIpc) is 3.48. The summed E-state index contributed by atoms with van der Waals surface area (Å²) in [6.45, 7) is 0.277. The van der Waals surface area contributed by atoms with Gasteiger partial charge in [-0.25, -0.2) is 0 Å². The molecule has 0 N–H and O–H groups in total. The zero-order valence-corrected chi connectivity index (χ0v) is 23.0. The molecule has 8 atom stereocenters. The third-order valence-corrected chi connectivity index (χ3v) is 7.95. The number of ether oxygens (including phenoxy) is 2. The van der Waals surface area contributed by atoms with E-state index >= 15 is 0 Å². The molecule has 4 saturated carbocycles. The number of esters is 2. The number of carboxylic acids is 2. The van der Waals surface area contributed by atoms with Gasteiger partial charge in [0, 0.05) is 23.8 Å². The number of carbonyl (C=O) groups is 4. The Balaban J connectivity index is 0.00000181. The third kappa shape index (κ3) is 5.57. The average molecular weight is 466 g/mol. The maximum absolute atomic E-state index is 12.4. The predicted octanol–water partition coefficient (Wildman–Crippen LogP) is -6.31. The second-order valence-corrected chi connectivity index (χ2v) is 9.45. The molecule has 0 aliphatic heterocycles. The molecule has 166 valence electrons. The van der Waals surface area contributed by atoms with Gasteiger partial charge in [0.2, 0.25) is 0 Å². The monoisotopic (exact) mass is 466 g/mol. The quantitative estimate of drug-likeness (QED) is 0.186. The van der Waals surface area contributed by atoms with E-state index in [0.717, 1.165) is 38.5 Å². The minimum Gasteiger partial charge on any atom is -0.550 e. The molecule has 4 fully saturated rings. The van der Waals surface area contributed by atoms with Gasteiger partial charge in [0.05, 0.1) is 25.0 Å². The van der Waals surface area contributed by atoms with Crippen molar-refractivity contribution < 1.29 is 98.0 Å². The molecule has 0 saturated heterocycles. The van der Waals surface area contributed by atoms with Crippen LogP contribution in [0, 0.1) is 47.3 Å². The summed E-state index contributed by atoms with van der Waals surface area (Å²) in [7, 11) is 0. The molecule has 4 rings (SSSR count). The number of fused-ring (bicyclic) bond motifs is 4. The fourth-order valence-corrected chi connectivity index (χ4v) is 6.68. The molecule has 8 unspecified atom stereocenters. The molecule has 4 aliphatic carbocycles. The van der Waals surface area contributed by atoms with E-state index in [9.17, 15) is 29.4 Å². The van der Waals surface area contributed by atoms with E-state index in [-0.39, 0.29) is 96.0 Å². The summed E-state index contributed by atoms with van der Waals surface area (Å²) in [5.41, 5.74) is 0. The topological polar surface area (TPSA) is 133 Å². The molecule has 0 amide bonds. The minimum absolute atomic E-state index is 0. The van der Waals surface area contributed by atoms with E-state index in [1.165, 1.54) is 0 Å². The first kappa shape index (κ1) is 28.1. The Labute approximate surface area is 232 Å². The molecule has 10 heteroatoms. The standard InChI is InChI=1S/C22H30O8.2Na/c23-19(24)15-11-3-5-13(9-11)17(15)21(27)29-7-1-2-8-30-22(28)18-14-6-4-12(10-14)16(18)20(25)26;;/h11-18H,1-10H2,(H,23,24)(H,25,26);;/q;2*+1/p-2. The van der Waals surface area contributed by atoms with E-state index in [0.29, 0.717) is 12.8 Å². The van der Waals surface area contributed by atoms with Crippen molar-refractivity contribution >= 4 is 23.9 Å². The van der Waals surface area contributed by atoms with Crippen LogP contribution in [0.3, 0.4) is 0 Å². The van der Waals surface area contributed by atoms with Gasteiger partial charge < -0.3 is 29.3 Å². The minimum atomic E-state index is -1.16. The van der Waals surface area contributed by atoms with Crippen LogP contribution in [0.25, 0.3) is 0 Å². The predicted molar refractivity (Wildman–Crippen MR) is 96.8 cm³/mol. The summed E-state index contributed by atoms with van der Waals surface area (Å²) >= 11 is 0. The number of unbranched alkanes of at least 4 members (excludes halogenated alkanes) is 1. The number of carbonyl (C=O) groups excluding carboxylic acids is 4. The van der Waals surface area contributed by atoms with Crippen molar-refractivity contribution in [2.75, 3.05) is 13.2 Å². The SMILES string of the molecule is O=C([O-])C1C2CCC(C2)C1C(=O)OCCCCOC(=O)C1C2CCC(C2)C1C(=O)[O-].[Na+].[Na+]. The van der Waals surface area contributed by atoms with Gasteiger partial charge in [0.25, 0.3) is 0 Å². The molecule has 0 spiro atoms. The van der Waals surface area contributed by atoms with E-state index in [2.05, 4.69) is 0 Å².